The average molecular weight is 317 g/mol. The fourth-order valence-corrected chi connectivity index (χ4v) is 3.62. The maximum atomic E-state index is 6.04. The van der Waals surface area contributed by atoms with Crippen LogP contribution in [0.2, 0.25) is 0 Å². The van der Waals surface area contributed by atoms with Crippen LogP contribution in [0.25, 0.3) is 10.9 Å². The molecule has 5 nitrogen and oxygen atoms in total. The molecule has 0 saturated heterocycles. The summed E-state index contributed by atoms with van der Waals surface area (Å²) in [5.74, 6) is 1.32. The first-order valence-corrected chi connectivity index (χ1v) is 8.21. The second kappa shape index (κ2) is 5.87. The summed E-state index contributed by atoms with van der Waals surface area (Å²) in [7, 11) is 3.92. The number of anilines is 2. The summed E-state index contributed by atoms with van der Waals surface area (Å²) in [6.45, 7) is 0. The Labute approximate surface area is 131 Å². The molecule has 108 valence electrons. The lowest BCUT2D eigenvalue weighted by molar-refractivity contribution is 0.972. The molecule has 0 spiro atoms. The predicted octanol–water partition coefficient (Wildman–Crippen LogP) is 3.03. The first-order chi connectivity index (χ1) is 10.1. The van der Waals surface area contributed by atoms with E-state index in [0.29, 0.717) is 5.82 Å². The summed E-state index contributed by atoms with van der Waals surface area (Å²) in [5.41, 5.74) is 7.99. The van der Waals surface area contributed by atoms with Gasteiger partial charge in [0.1, 0.15) is 5.82 Å². The Kier molecular flexibility index (Phi) is 3.94. The first kappa shape index (κ1) is 14.1. The quantitative estimate of drug-likeness (QED) is 0.746. The van der Waals surface area contributed by atoms with Gasteiger partial charge in [0, 0.05) is 30.8 Å². The van der Waals surface area contributed by atoms with E-state index in [1.807, 2.05) is 43.3 Å². The van der Waals surface area contributed by atoms with Gasteiger partial charge in [0.25, 0.3) is 0 Å². The maximum Gasteiger partial charge on any atom is 0.208 e. The molecule has 0 aliphatic carbocycles. The lowest BCUT2D eigenvalue weighted by Crippen LogP contribution is -2.07. The average Bonchev–Trinajstić information content (AvgIpc) is 2.94. The molecule has 2 aromatic heterocycles. The number of pyridine rings is 1. The SMILES string of the molecule is CN(C)c1nnc(SCc2cc3ccccc3nc2N)s1. The second-order valence-corrected chi connectivity index (χ2v) is 6.94. The van der Waals surface area contributed by atoms with Crippen LogP contribution in [0.5, 0.6) is 0 Å². The first-order valence-electron chi connectivity index (χ1n) is 6.41. The van der Waals surface area contributed by atoms with Gasteiger partial charge in [0.2, 0.25) is 5.13 Å². The molecule has 0 bridgehead atoms. The lowest BCUT2D eigenvalue weighted by Gasteiger charge is -2.06. The number of benzene rings is 1. The van der Waals surface area contributed by atoms with E-state index in [-0.39, 0.29) is 0 Å². The van der Waals surface area contributed by atoms with Crippen molar-refractivity contribution >= 4 is 45.0 Å². The van der Waals surface area contributed by atoms with Crippen molar-refractivity contribution in [2.24, 2.45) is 0 Å². The highest BCUT2D eigenvalue weighted by Crippen LogP contribution is 2.31. The highest BCUT2D eigenvalue weighted by Gasteiger charge is 2.09. The van der Waals surface area contributed by atoms with Crippen LogP contribution >= 0.6 is 23.1 Å². The molecule has 7 heteroatoms. The van der Waals surface area contributed by atoms with E-state index in [1.165, 1.54) is 0 Å². The van der Waals surface area contributed by atoms with Gasteiger partial charge in [-0.15, -0.1) is 10.2 Å². The van der Waals surface area contributed by atoms with Crippen LogP contribution in [0.3, 0.4) is 0 Å². The second-order valence-electron chi connectivity index (χ2n) is 4.76. The number of para-hydroxylation sites is 1. The fourth-order valence-electron chi connectivity index (χ4n) is 1.87. The molecule has 1 aromatic carbocycles. The van der Waals surface area contributed by atoms with Gasteiger partial charge < -0.3 is 10.6 Å². The molecule has 0 amide bonds. The number of fused-ring (bicyclic) bond motifs is 1. The summed E-state index contributed by atoms with van der Waals surface area (Å²) >= 11 is 3.21. The van der Waals surface area contributed by atoms with E-state index in [1.54, 1.807) is 23.1 Å². The molecular formula is C14H15N5S2. The molecule has 0 aliphatic rings. The van der Waals surface area contributed by atoms with Crippen molar-refractivity contribution in [3.63, 3.8) is 0 Å². The van der Waals surface area contributed by atoms with Gasteiger partial charge in [-0.25, -0.2) is 4.98 Å². The molecule has 21 heavy (non-hydrogen) atoms. The standard InChI is InChI=1S/C14H15N5S2/c1-19(2)13-17-18-14(21-13)20-8-10-7-9-5-3-4-6-11(9)16-12(10)15/h3-7H,8H2,1-2H3,(H2,15,16). The van der Waals surface area contributed by atoms with Crippen LogP contribution in [0.15, 0.2) is 34.7 Å². The Morgan fingerprint density at radius 2 is 2.05 bits per heavy atom. The molecule has 0 unspecified atom stereocenters. The molecule has 0 atom stereocenters. The van der Waals surface area contributed by atoms with Gasteiger partial charge in [-0.2, -0.15) is 0 Å². The molecular weight excluding hydrogens is 302 g/mol. The summed E-state index contributed by atoms with van der Waals surface area (Å²) in [4.78, 5) is 6.40. The van der Waals surface area contributed by atoms with E-state index >= 15 is 0 Å². The Balaban J connectivity index is 1.79. The summed E-state index contributed by atoms with van der Waals surface area (Å²) in [6.07, 6.45) is 0. The van der Waals surface area contributed by atoms with Crippen molar-refractivity contribution in [2.45, 2.75) is 10.1 Å². The predicted molar refractivity (Wildman–Crippen MR) is 90.0 cm³/mol. The third kappa shape index (κ3) is 3.08. The number of hydrogen-bond acceptors (Lipinski definition) is 7. The van der Waals surface area contributed by atoms with Gasteiger partial charge in [-0.05, 0) is 12.1 Å². The van der Waals surface area contributed by atoms with Crippen LogP contribution < -0.4 is 10.6 Å². The number of nitrogens with two attached hydrogens (primary N) is 1. The summed E-state index contributed by atoms with van der Waals surface area (Å²) in [5, 5.41) is 10.3. The Hall–Kier alpha value is -1.86. The van der Waals surface area contributed by atoms with Gasteiger partial charge in [0.15, 0.2) is 4.34 Å². The number of thioether (sulfide) groups is 1. The van der Waals surface area contributed by atoms with Gasteiger partial charge >= 0.3 is 0 Å². The number of hydrogen-bond donors (Lipinski definition) is 1. The number of nitrogens with zero attached hydrogens (tertiary/aromatic N) is 4. The maximum absolute atomic E-state index is 6.04. The Morgan fingerprint density at radius 1 is 1.24 bits per heavy atom. The monoisotopic (exact) mass is 317 g/mol. The Morgan fingerprint density at radius 3 is 2.81 bits per heavy atom. The molecule has 0 radical (unpaired) electrons. The van der Waals surface area contributed by atoms with E-state index in [9.17, 15) is 0 Å². The van der Waals surface area contributed by atoms with Crippen LogP contribution in [-0.4, -0.2) is 29.3 Å². The van der Waals surface area contributed by atoms with Crippen molar-refractivity contribution < 1.29 is 0 Å². The highest BCUT2D eigenvalue weighted by atomic mass is 32.2. The lowest BCUT2D eigenvalue weighted by atomic mass is 10.1. The van der Waals surface area contributed by atoms with Crippen LogP contribution in [-0.2, 0) is 5.75 Å². The zero-order valence-corrected chi connectivity index (χ0v) is 13.4. The summed E-state index contributed by atoms with van der Waals surface area (Å²) in [6, 6.07) is 10.1. The fraction of sp³-hybridized carbons (Fsp3) is 0.214. The number of nitrogen functional groups attached to an aromatic ring is 1. The Bertz CT molecular complexity index is 769. The smallest absolute Gasteiger partial charge is 0.208 e. The van der Waals surface area contributed by atoms with E-state index in [0.717, 1.165) is 31.7 Å². The largest absolute Gasteiger partial charge is 0.383 e. The number of aromatic nitrogens is 3. The van der Waals surface area contributed by atoms with Crippen molar-refractivity contribution in [3.8, 4) is 0 Å². The topological polar surface area (TPSA) is 67.9 Å². The van der Waals surface area contributed by atoms with Crippen molar-refractivity contribution in [2.75, 3.05) is 24.7 Å². The molecule has 2 heterocycles. The van der Waals surface area contributed by atoms with Gasteiger partial charge in [-0.3, -0.25) is 0 Å². The van der Waals surface area contributed by atoms with E-state index in [2.05, 4.69) is 21.2 Å². The van der Waals surface area contributed by atoms with Crippen molar-refractivity contribution in [1.82, 2.24) is 15.2 Å². The minimum absolute atomic E-state index is 0.582. The molecule has 0 aliphatic heterocycles. The van der Waals surface area contributed by atoms with Gasteiger partial charge in [-0.1, -0.05) is 41.3 Å². The molecule has 2 N–H and O–H groups in total. The van der Waals surface area contributed by atoms with E-state index in [4.69, 9.17) is 5.73 Å². The van der Waals surface area contributed by atoms with Gasteiger partial charge in [0.05, 0.1) is 5.52 Å². The molecule has 0 fully saturated rings. The normalized spacial score (nSPS) is 11.0. The molecule has 3 aromatic rings. The van der Waals surface area contributed by atoms with Crippen molar-refractivity contribution in [1.29, 1.82) is 0 Å². The molecule has 0 saturated carbocycles. The third-order valence-electron chi connectivity index (χ3n) is 2.97. The number of rotatable bonds is 4. The highest BCUT2D eigenvalue weighted by molar-refractivity contribution is 8.00. The van der Waals surface area contributed by atoms with Crippen LogP contribution in [0.1, 0.15) is 5.56 Å². The summed E-state index contributed by atoms with van der Waals surface area (Å²) < 4.78 is 0.936. The third-order valence-corrected chi connectivity index (χ3v) is 5.24. The zero-order valence-electron chi connectivity index (χ0n) is 11.8. The van der Waals surface area contributed by atoms with Crippen LogP contribution in [0.4, 0.5) is 10.9 Å². The minimum atomic E-state index is 0.582. The van der Waals surface area contributed by atoms with Crippen LogP contribution in [0, 0.1) is 0 Å². The van der Waals surface area contributed by atoms with E-state index < -0.39 is 0 Å². The minimum Gasteiger partial charge on any atom is -0.383 e. The molecule has 3 rings (SSSR count). The zero-order chi connectivity index (χ0) is 14.8. The van der Waals surface area contributed by atoms with Crippen molar-refractivity contribution in [3.05, 3.63) is 35.9 Å².